The third-order valence-electron chi connectivity index (χ3n) is 6.34. The molecule has 0 radical (unpaired) electrons. The van der Waals surface area contributed by atoms with Crippen LogP contribution in [0.25, 0.3) is 0 Å². The van der Waals surface area contributed by atoms with Crippen LogP contribution >= 0.6 is 0 Å². The lowest BCUT2D eigenvalue weighted by atomic mass is 9.76. The van der Waals surface area contributed by atoms with Crippen molar-refractivity contribution in [2.45, 2.75) is 64.4 Å². The molecule has 0 aromatic rings. The Hall–Kier alpha value is -1.65. The van der Waals surface area contributed by atoms with Gasteiger partial charge in [-0.25, -0.2) is 4.79 Å². The largest absolute Gasteiger partial charge is 0.457 e. The van der Waals surface area contributed by atoms with Crippen LogP contribution in [0.5, 0.6) is 0 Å². The molecule has 3 rings (SSSR count). The highest BCUT2D eigenvalue weighted by atomic mass is 16.6. The molecule has 0 heterocycles. The van der Waals surface area contributed by atoms with Gasteiger partial charge in [0.2, 0.25) is 0 Å². The summed E-state index contributed by atoms with van der Waals surface area (Å²) >= 11 is 0. The highest BCUT2D eigenvalue weighted by molar-refractivity contribution is 5.97. The zero-order valence-electron chi connectivity index (χ0n) is 15.2. The maximum Gasteiger partial charge on any atom is 0.344 e. The highest BCUT2D eigenvalue weighted by Crippen LogP contribution is 2.41. The fourth-order valence-electron chi connectivity index (χ4n) is 4.56. The second-order valence-electron chi connectivity index (χ2n) is 7.84. The Morgan fingerprint density at radius 2 is 1.92 bits per heavy atom. The van der Waals surface area contributed by atoms with Crippen LogP contribution in [-0.2, 0) is 23.9 Å². The van der Waals surface area contributed by atoms with E-state index in [9.17, 15) is 14.4 Å². The molecule has 2 saturated carbocycles. The van der Waals surface area contributed by atoms with Crippen molar-refractivity contribution >= 4 is 17.7 Å². The summed E-state index contributed by atoms with van der Waals surface area (Å²) in [6.07, 6.45) is 10.7. The summed E-state index contributed by atoms with van der Waals surface area (Å²) < 4.78 is 10.9. The number of hydrogen-bond donors (Lipinski definition) is 0. The second-order valence-corrected chi connectivity index (χ2v) is 7.84. The van der Waals surface area contributed by atoms with Gasteiger partial charge in [-0.1, -0.05) is 38.3 Å². The maximum absolute atomic E-state index is 12.2. The molecule has 2 bridgehead atoms. The van der Waals surface area contributed by atoms with Crippen molar-refractivity contribution in [1.82, 2.24) is 0 Å². The zero-order valence-corrected chi connectivity index (χ0v) is 15.2. The quantitative estimate of drug-likeness (QED) is 0.544. The van der Waals surface area contributed by atoms with Crippen molar-refractivity contribution in [1.29, 1.82) is 0 Å². The smallest absolute Gasteiger partial charge is 0.344 e. The summed E-state index contributed by atoms with van der Waals surface area (Å²) in [5.41, 5.74) is -0.491. The van der Waals surface area contributed by atoms with Crippen LogP contribution in [-0.4, -0.2) is 29.9 Å². The molecule has 138 valence electrons. The lowest BCUT2D eigenvalue weighted by molar-refractivity contribution is -0.176. The molecule has 25 heavy (non-hydrogen) atoms. The van der Waals surface area contributed by atoms with Gasteiger partial charge in [-0.2, -0.15) is 0 Å². The predicted molar refractivity (Wildman–Crippen MR) is 91.6 cm³/mol. The van der Waals surface area contributed by atoms with Gasteiger partial charge >= 0.3 is 11.9 Å². The van der Waals surface area contributed by atoms with Crippen molar-refractivity contribution in [3.8, 4) is 0 Å². The molecule has 3 aliphatic rings. The average Bonchev–Trinajstić information content (AvgIpc) is 3.15. The molecule has 4 atom stereocenters. The van der Waals surface area contributed by atoms with E-state index in [0.717, 1.165) is 19.3 Å². The van der Waals surface area contributed by atoms with E-state index in [2.05, 4.69) is 0 Å². The summed E-state index contributed by atoms with van der Waals surface area (Å²) in [6, 6.07) is 0. The summed E-state index contributed by atoms with van der Waals surface area (Å²) in [6.45, 7) is 3.65. The van der Waals surface area contributed by atoms with E-state index in [1.807, 2.05) is 19.9 Å². The third-order valence-corrected chi connectivity index (χ3v) is 6.34. The van der Waals surface area contributed by atoms with Crippen molar-refractivity contribution in [2.75, 3.05) is 6.61 Å². The number of Topliss-reactive ketones (excluding diaryl/α,β-unsaturated/α-hetero) is 1. The number of esters is 2. The van der Waals surface area contributed by atoms with Gasteiger partial charge < -0.3 is 9.47 Å². The standard InChI is InChI=1S/C20H28O5/c1-3-20(2,14-7-5-4-6-8-14)25-17(21)12-24-19(23)16-11-13-9-10-15(16)18(13)22/h9-10,13-16H,3-8,11-12H2,1-2H3. The minimum Gasteiger partial charge on any atom is -0.457 e. The van der Waals surface area contributed by atoms with Gasteiger partial charge in [0, 0.05) is 11.8 Å². The van der Waals surface area contributed by atoms with E-state index in [1.165, 1.54) is 19.3 Å². The van der Waals surface area contributed by atoms with Crippen LogP contribution in [0.15, 0.2) is 12.2 Å². The van der Waals surface area contributed by atoms with E-state index < -0.39 is 23.5 Å². The number of carbonyl (C=O) groups is 3. The Balaban J connectivity index is 1.49. The summed E-state index contributed by atoms with van der Waals surface area (Å²) in [5.74, 6) is -1.43. The first-order chi connectivity index (χ1) is 11.9. The van der Waals surface area contributed by atoms with Crippen LogP contribution < -0.4 is 0 Å². The molecule has 2 fully saturated rings. The van der Waals surface area contributed by atoms with E-state index >= 15 is 0 Å². The maximum atomic E-state index is 12.2. The second kappa shape index (κ2) is 7.30. The first-order valence-corrected chi connectivity index (χ1v) is 9.55. The molecule has 0 aromatic heterocycles. The molecule has 5 heteroatoms. The topological polar surface area (TPSA) is 69.7 Å². The summed E-state index contributed by atoms with van der Waals surface area (Å²) in [5, 5.41) is 0. The number of fused-ring (bicyclic) bond motifs is 2. The van der Waals surface area contributed by atoms with E-state index in [1.54, 1.807) is 6.08 Å². The normalized spacial score (nSPS) is 31.0. The van der Waals surface area contributed by atoms with Gasteiger partial charge in [-0.05, 0) is 38.5 Å². The molecular formula is C20H28O5. The molecule has 0 saturated heterocycles. The number of ether oxygens (including phenoxy) is 2. The molecule has 3 aliphatic carbocycles. The fourth-order valence-corrected chi connectivity index (χ4v) is 4.56. The first kappa shape index (κ1) is 18.2. The van der Waals surface area contributed by atoms with Gasteiger partial charge in [0.25, 0.3) is 0 Å². The predicted octanol–water partition coefficient (Wildman–Crippen LogP) is 3.21. The van der Waals surface area contributed by atoms with Gasteiger partial charge in [-0.3, -0.25) is 9.59 Å². The van der Waals surface area contributed by atoms with Gasteiger partial charge in [0.05, 0.1) is 5.92 Å². The van der Waals surface area contributed by atoms with Crippen LogP contribution in [0.1, 0.15) is 58.8 Å². The lowest BCUT2D eigenvalue weighted by Gasteiger charge is -2.38. The highest BCUT2D eigenvalue weighted by Gasteiger charge is 2.47. The minimum atomic E-state index is -0.492. The van der Waals surface area contributed by atoms with Crippen LogP contribution in [0.2, 0.25) is 0 Å². The van der Waals surface area contributed by atoms with E-state index in [-0.39, 0.29) is 24.2 Å². The van der Waals surface area contributed by atoms with Gasteiger partial charge in [-0.15, -0.1) is 0 Å². The van der Waals surface area contributed by atoms with Crippen LogP contribution in [0.3, 0.4) is 0 Å². The van der Waals surface area contributed by atoms with E-state index in [4.69, 9.17) is 9.47 Å². The first-order valence-electron chi connectivity index (χ1n) is 9.55. The Bertz CT molecular complexity index is 575. The summed E-state index contributed by atoms with van der Waals surface area (Å²) in [4.78, 5) is 36.3. The Labute approximate surface area is 149 Å². The molecule has 0 amide bonds. The minimum absolute atomic E-state index is 0.0976. The van der Waals surface area contributed by atoms with Crippen molar-refractivity contribution in [3.05, 3.63) is 12.2 Å². The van der Waals surface area contributed by atoms with Crippen molar-refractivity contribution in [2.24, 2.45) is 23.7 Å². The molecule has 0 aromatic carbocycles. The number of rotatable bonds is 6. The van der Waals surface area contributed by atoms with Crippen LogP contribution in [0, 0.1) is 23.7 Å². The van der Waals surface area contributed by atoms with Crippen LogP contribution in [0.4, 0.5) is 0 Å². The molecule has 0 N–H and O–H groups in total. The number of ketones is 1. The Morgan fingerprint density at radius 3 is 2.48 bits per heavy atom. The lowest BCUT2D eigenvalue weighted by Crippen LogP contribution is -2.41. The van der Waals surface area contributed by atoms with Crippen molar-refractivity contribution < 1.29 is 23.9 Å². The van der Waals surface area contributed by atoms with E-state index in [0.29, 0.717) is 12.3 Å². The average molecular weight is 348 g/mol. The van der Waals surface area contributed by atoms with Crippen molar-refractivity contribution in [3.63, 3.8) is 0 Å². The molecule has 5 nitrogen and oxygen atoms in total. The van der Waals surface area contributed by atoms with Gasteiger partial charge in [0.15, 0.2) is 6.61 Å². The Morgan fingerprint density at radius 1 is 1.20 bits per heavy atom. The number of carbonyl (C=O) groups excluding carboxylic acids is 3. The van der Waals surface area contributed by atoms with Gasteiger partial charge in [0.1, 0.15) is 11.4 Å². The molecule has 0 aliphatic heterocycles. The monoisotopic (exact) mass is 348 g/mol. The third kappa shape index (κ3) is 3.65. The SMILES string of the molecule is CCC(C)(OC(=O)COC(=O)C1CC2C=CC1C2=O)C1CCCCC1. The fraction of sp³-hybridized carbons (Fsp3) is 0.750. The number of hydrogen-bond acceptors (Lipinski definition) is 5. The zero-order chi connectivity index (χ0) is 18.0. The Kier molecular flexibility index (Phi) is 5.30. The molecule has 0 spiro atoms. The molecule has 4 unspecified atom stereocenters. The summed E-state index contributed by atoms with van der Waals surface area (Å²) in [7, 11) is 0. The molecular weight excluding hydrogens is 320 g/mol. The number of allylic oxidation sites excluding steroid dienone is 2.